The first kappa shape index (κ1) is 19.3. The number of amides is 1. The molecule has 1 atom stereocenters. The standard InChI is InChI=1S/C18H26FN3O3S/c1-20-12-14-6-9-21(13-14)18(23)15-7-10-22(11-8-15)26(24,25)17-5-3-2-4-16(17)19/h2-5,14-15,20H,6-13H2,1H3. The molecule has 0 radical (unpaired) electrons. The second-order valence-corrected chi connectivity index (χ2v) is 9.01. The van der Waals surface area contributed by atoms with Gasteiger partial charge < -0.3 is 10.2 Å². The van der Waals surface area contributed by atoms with Crippen molar-refractivity contribution >= 4 is 15.9 Å². The molecular weight excluding hydrogens is 357 g/mol. The molecule has 1 unspecified atom stereocenters. The molecular formula is C18H26FN3O3S. The third-order valence-corrected chi connectivity index (χ3v) is 7.28. The number of carbonyl (C=O) groups excluding carboxylic acids is 1. The molecule has 8 heteroatoms. The molecule has 2 saturated heterocycles. The Morgan fingerprint density at radius 2 is 1.88 bits per heavy atom. The first-order valence-electron chi connectivity index (χ1n) is 9.11. The molecule has 6 nitrogen and oxygen atoms in total. The molecule has 3 rings (SSSR count). The number of piperidine rings is 1. The average molecular weight is 383 g/mol. The molecule has 0 spiro atoms. The van der Waals surface area contributed by atoms with Crippen LogP contribution in [0.1, 0.15) is 19.3 Å². The highest BCUT2D eigenvalue weighted by Crippen LogP contribution is 2.28. The van der Waals surface area contributed by atoms with E-state index in [1.54, 1.807) is 0 Å². The molecule has 0 aliphatic carbocycles. The third kappa shape index (κ3) is 3.92. The van der Waals surface area contributed by atoms with E-state index in [0.717, 1.165) is 32.1 Å². The zero-order chi connectivity index (χ0) is 18.7. The average Bonchev–Trinajstić information content (AvgIpc) is 3.10. The summed E-state index contributed by atoms with van der Waals surface area (Å²) in [4.78, 5) is 14.3. The monoisotopic (exact) mass is 383 g/mol. The van der Waals surface area contributed by atoms with Crippen LogP contribution in [0, 0.1) is 17.7 Å². The van der Waals surface area contributed by atoms with Crippen molar-refractivity contribution < 1.29 is 17.6 Å². The summed E-state index contributed by atoms with van der Waals surface area (Å²) in [6, 6.07) is 5.42. The normalized spacial score (nSPS) is 22.7. The number of halogens is 1. The van der Waals surface area contributed by atoms with Gasteiger partial charge in [-0.25, -0.2) is 12.8 Å². The molecule has 144 valence electrons. The van der Waals surface area contributed by atoms with Gasteiger partial charge in [-0.05, 0) is 50.9 Å². The predicted octanol–water partition coefficient (Wildman–Crippen LogP) is 1.29. The second kappa shape index (κ2) is 8.02. The van der Waals surface area contributed by atoms with Gasteiger partial charge >= 0.3 is 0 Å². The van der Waals surface area contributed by atoms with E-state index in [1.807, 2.05) is 11.9 Å². The summed E-state index contributed by atoms with van der Waals surface area (Å²) < 4.78 is 40.5. The molecule has 0 saturated carbocycles. The fourth-order valence-electron chi connectivity index (χ4n) is 3.88. The summed E-state index contributed by atoms with van der Waals surface area (Å²) in [5.74, 6) is -0.259. The number of hydrogen-bond donors (Lipinski definition) is 1. The van der Waals surface area contributed by atoms with Gasteiger partial charge in [-0.1, -0.05) is 12.1 Å². The SMILES string of the molecule is CNCC1CCN(C(=O)C2CCN(S(=O)(=O)c3ccccc3F)CC2)C1. The maximum absolute atomic E-state index is 13.9. The summed E-state index contributed by atoms with van der Waals surface area (Å²) in [5, 5.41) is 3.15. The lowest BCUT2D eigenvalue weighted by molar-refractivity contribution is -0.135. The van der Waals surface area contributed by atoms with Crippen molar-refractivity contribution in [3.05, 3.63) is 30.1 Å². The lowest BCUT2D eigenvalue weighted by Crippen LogP contribution is -2.44. The van der Waals surface area contributed by atoms with Crippen molar-refractivity contribution in [2.24, 2.45) is 11.8 Å². The summed E-state index contributed by atoms with van der Waals surface area (Å²) in [6.45, 7) is 2.96. The number of likely N-dealkylation sites (tertiary alicyclic amines) is 1. The van der Waals surface area contributed by atoms with Crippen LogP contribution in [-0.4, -0.2) is 63.3 Å². The maximum atomic E-state index is 13.9. The van der Waals surface area contributed by atoms with Crippen molar-refractivity contribution in [2.45, 2.75) is 24.2 Å². The van der Waals surface area contributed by atoms with Crippen molar-refractivity contribution in [3.8, 4) is 0 Å². The molecule has 2 aliphatic rings. The van der Waals surface area contributed by atoms with Gasteiger partial charge in [0.15, 0.2) is 0 Å². The van der Waals surface area contributed by atoms with Gasteiger partial charge in [0.2, 0.25) is 15.9 Å². The molecule has 2 aliphatic heterocycles. The number of sulfonamides is 1. The van der Waals surface area contributed by atoms with Crippen LogP contribution in [0.25, 0.3) is 0 Å². The van der Waals surface area contributed by atoms with Gasteiger partial charge in [0, 0.05) is 32.1 Å². The fourth-order valence-corrected chi connectivity index (χ4v) is 5.42. The van der Waals surface area contributed by atoms with Crippen LogP contribution in [0.3, 0.4) is 0 Å². The minimum Gasteiger partial charge on any atom is -0.342 e. The summed E-state index contributed by atoms with van der Waals surface area (Å²) >= 11 is 0. The van der Waals surface area contributed by atoms with Gasteiger partial charge in [0.25, 0.3) is 0 Å². The Labute approximate surface area is 154 Å². The van der Waals surface area contributed by atoms with Crippen molar-refractivity contribution in [1.82, 2.24) is 14.5 Å². The smallest absolute Gasteiger partial charge is 0.245 e. The molecule has 0 bridgehead atoms. The predicted molar refractivity (Wildman–Crippen MR) is 96.5 cm³/mol. The number of hydrogen-bond acceptors (Lipinski definition) is 4. The first-order chi connectivity index (χ1) is 12.4. The van der Waals surface area contributed by atoms with Gasteiger partial charge in [0.05, 0.1) is 0 Å². The number of rotatable bonds is 5. The Hall–Kier alpha value is -1.51. The van der Waals surface area contributed by atoms with E-state index in [1.165, 1.54) is 22.5 Å². The highest BCUT2D eigenvalue weighted by Gasteiger charge is 2.36. The van der Waals surface area contributed by atoms with Crippen LogP contribution in [0.5, 0.6) is 0 Å². The van der Waals surface area contributed by atoms with Crippen LogP contribution in [-0.2, 0) is 14.8 Å². The summed E-state index contributed by atoms with van der Waals surface area (Å²) in [7, 11) is -1.94. The van der Waals surface area contributed by atoms with Crippen molar-refractivity contribution in [3.63, 3.8) is 0 Å². The highest BCUT2D eigenvalue weighted by atomic mass is 32.2. The largest absolute Gasteiger partial charge is 0.342 e. The third-order valence-electron chi connectivity index (χ3n) is 5.35. The molecule has 2 heterocycles. The number of nitrogens with one attached hydrogen (secondary N) is 1. The van der Waals surface area contributed by atoms with Gasteiger partial charge in [0.1, 0.15) is 10.7 Å². The minimum absolute atomic E-state index is 0.131. The first-order valence-corrected chi connectivity index (χ1v) is 10.6. The van der Waals surface area contributed by atoms with Gasteiger partial charge in [-0.2, -0.15) is 4.31 Å². The summed E-state index contributed by atoms with van der Waals surface area (Å²) in [6.07, 6.45) is 1.98. The Kier molecular flexibility index (Phi) is 5.94. The van der Waals surface area contributed by atoms with E-state index >= 15 is 0 Å². The fraction of sp³-hybridized carbons (Fsp3) is 0.611. The molecule has 26 heavy (non-hydrogen) atoms. The van der Waals surface area contributed by atoms with Crippen molar-refractivity contribution in [2.75, 3.05) is 39.8 Å². The highest BCUT2D eigenvalue weighted by molar-refractivity contribution is 7.89. The van der Waals surface area contributed by atoms with Gasteiger partial charge in [-0.3, -0.25) is 4.79 Å². The topological polar surface area (TPSA) is 69.7 Å². The Balaban J connectivity index is 1.59. The molecule has 1 aromatic carbocycles. The van der Waals surface area contributed by atoms with E-state index in [4.69, 9.17) is 0 Å². The van der Waals surface area contributed by atoms with Crippen molar-refractivity contribution in [1.29, 1.82) is 0 Å². The van der Waals surface area contributed by atoms with E-state index < -0.39 is 15.8 Å². The lowest BCUT2D eigenvalue weighted by Gasteiger charge is -2.32. The Bertz CT molecular complexity index is 748. The maximum Gasteiger partial charge on any atom is 0.245 e. The number of nitrogens with zero attached hydrogens (tertiary/aromatic N) is 2. The summed E-state index contributed by atoms with van der Waals surface area (Å²) in [5.41, 5.74) is 0. The van der Waals surface area contributed by atoms with Crippen LogP contribution < -0.4 is 5.32 Å². The zero-order valence-corrected chi connectivity index (χ0v) is 15.8. The van der Waals surface area contributed by atoms with E-state index in [0.29, 0.717) is 18.8 Å². The van der Waals surface area contributed by atoms with Gasteiger partial charge in [-0.15, -0.1) is 0 Å². The molecule has 2 fully saturated rings. The van der Waals surface area contributed by atoms with E-state index in [9.17, 15) is 17.6 Å². The number of benzene rings is 1. The van der Waals surface area contributed by atoms with Crippen LogP contribution in [0.2, 0.25) is 0 Å². The van der Waals surface area contributed by atoms with E-state index in [-0.39, 0.29) is 29.8 Å². The molecule has 1 amide bonds. The molecule has 1 aromatic rings. The molecule has 0 aromatic heterocycles. The Morgan fingerprint density at radius 1 is 1.19 bits per heavy atom. The zero-order valence-electron chi connectivity index (χ0n) is 15.0. The quantitative estimate of drug-likeness (QED) is 0.832. The second-order valence-electron chi connectivity index (χ2n) is 7.11. The minimum atomic E-state index is -3.85. The van der Waals surface area contributed by atoms with E-state index in [2.05, 4.69) is 5.32 Å². The number of carbonyl (C=O) groups is 1. The molecule has 1 N–H and O–H groups in total. The lowest BCUT2D eigenvalue weighted by atomic mass is 9.96. The van der Waals surface area contributed by atoms with Crippen LogP contribution in [0.4, 0.5) is 4.39 Å². The van der Waals surface area contributed by atoms with Crippen LogP contribution in [0.15, 0.2) is 29.2 Å². The van der Waals surface area contributed by atoms with Crippen LogP contribution >= 0.6 is 0 Å². The Morgan fingerprint density at radius 3 is 2.54 bits per heavy atom.